The number of amides is 1. The molecule has 78 valence electrons. The van der Waals surface area contributed by atoms with Crippen molar-refractivity contribution in [3.05, 3.63) is 29.8 Å². The van der Waals surface area contributed by atoms with E-state index in [1.54, 1.807) is 0 Å². The molecule has 0 saturated heterocycles. The van der Waals surface area contributed by atoms with Gasteiger partial charge in [0.1, 0.15) is 6.29 Å². The molecule has 1 aliphatic rings. The van der Waals surface area contributed by atoms with E-state index in [9.17, 15) is 9.59 Å². The average Bonchev–Trinajstić information content (AvgIpc) is 2.99. The largest absolute Gasteiger partial charge is 0.326 e. The molecule has 1 fully saturated rings. The summed E-state index contributed by atoms with van der Waals surface area (Å²) in [5, 5.41) is 2.69. The van der Waals surface area contributed by atoms with Gasteiger partial charge in [-0.1, -0.05) is 12.1 Å². The molecule has 1 aromatic rings. The fourth-order valence-corrected chi connectivity index (χ4v) is 1.70. The van der Waals surface area contributed by atoms with Crippen LogP contribution >= 0.6 is 0 Å². The minimum Gasteiger partial charge on any atom is -0.326 e. The lowest BCUT2D eigenvalue weighted by molar-refractivity contribution is -0.114. The zero-order chi connectivity index (χ0) is 10.9. The third-order valence-corrected chi connectivity index (χ3v) is 2.79. The van der Waals surface area contributed by atoms with Crippen LogP contribution in [0.1, 0.15) is 25.3 Å². The predicted molar refractivity (Wildman–Crippen MR) is 57.7 cm³/mol. The number of carbonyl (C=O) groups excluding carboxylic acids is 2. The van der Waals surface area contributed by atoms with Gasteiger partial charge in [-0.05, 0) is 30.5 Å². The summed E-state index contributed by atoms with van der Waals surface area (Å²) in [6.07, 6.45) is 2.91. The molecule has 0 heterocycles. The SMILES string of the molecule is CC(=O)Nc1ccc(C2(C=O)CC2)cc1. The van der Waals surface area contributed by atoms with Gasteiger partial charge in [0.25, 0.3) is 0 Å². The second-order valence-corrected chi connectivity index (χ2v) is 4.03. The second kappa shape index (κ2) is 3.50. The second-order valence-electron chi connectivity index (χ2n) is 4.03. The highest BCUT2D eigenvalue weighted by Gasteiger charge is 2.44. The van der Waals surface area contributed by atoms with E-state index in [-0.39, 0.29) is 11.3 Å². The Bertz CT molecular complexity index is 391. The molecule has 3 nitrogen and oxygen atoms in total. The molecule has 1 aliphatic carbocycles. The molecule has 0 radical (unpaired) electrons. The molecule has 0 aliphatic heterocycles. The maximum atomic E-state index is 10.9. The lowest BCUT2D eigenvalue weighted by atomic mass is 9.98. The lowest BCUT2D eigenvalue weighted by Crippen LogP contribution is -2.09. The van der Waals surface area contributed by atoms with Gasteiger partial charge in [-0.3, -0.25) is 4.79 Å². The number of carbonyl (C=O) groups is 2. The molecule has 0 spiro atoms. The molecular formula is C12H13NO2. The Kier molecular flexibility index (Phi) is 2.31. The van der Waals surface area contributed by atoms with Crippen LogP contribution in [-0.2, 0) is 15.0 Å². The Hall–Kier alpha value is -1.64. The van der Waals surface area contributed by atoms with Crippen LogP contribution in [0, 0.1) is 0 Å². The van der Waals surface area contributed by atoms with Crippen LogP contribution in [0.25, 0.3) is 0 Å². The molecule has 2 rings (SSSR count). The van der Waals surface area contributed by atoms with Crippen molar-refractivity contribution in [1.82, 2.24) is 0 Å². The smallest absolute Gasteiger partial charge is 0.221 e. The Morgan fingerprint density at radius 3 is 2.33 bits per heavy atom. The van der Waals surface area contributed by atoms with Crippen LogP contribution in [0.4, 0.5) is 5.69 Å². The van der Waals surface area contributed by atoms with Gasteiger partial charge in [0.2, 0.25) is 5.91 Å². The van der Waals surface area contributed by atoms with Crippen molar-refractivity contribution in [2.24, 2.45) is 0 Å². The highest BCUT2D eigenvalue weighted by atomic mass is 16.1. The standard InChI is InChI=1S/C12H13NO2/c1-9(15)13-11-4-2-10(3-5-11)12(8-14)6-7-12/h2-5,8H,6-7H2,1H3,(H,13,15). The van der Waals surface area contributed by atoms with Gasteiger partial charge in [-0.25, -0.2) is 0 Å². The first-order chi connectivity index (χ1) is 7.16. The normalized spacial score (nSPS) is 16.9. The van der Waals surface area contributed by atoms with Crippen molar-refractivity contribution in [2.75, 3.05) is 5.32 Å². The van der Waals surface area contributed by atoms with Gasteiger partial charge in [0, 0.05) is 12.6 Å². The van der Waals surface area contributed by atoms with Crippen LogP contribution in [-0.4, -0.2) is 12.2 Å². The third-order valence-electron chi connectivity index (χ3n) is 2.79. The van der Waals surface area contributed by atoms with E-state index in [1.165, 1.54) is 6.92 Å². The maximum absolute atomic E-state index is 10.9. The Balaban J connectivity index is 2.17. The molecule has 15 heavy (non-hydrogen) atoms. The van der Waals surface area contributed by atoms with Gasteiger partial charge in [0.05, 0.1) is 5.41 Å². The first kappa shape index (κ1) is 9.90. The van der Waals surface area contributed by atoms with Crippen molar-refractivity contribution < 1.29 is 9.59 Å². The van der Waals surface area contributed by atoms with Crippen molar-refractivity contribution >= 4 is 17.9 Å². The zero-order valence-electron chi connectivity index (χ0n) is 8.62. The number of hydrogen-bond donors (Lipinski definition) is 1. The van der Waals surface area contributed by atoms with E-state index >= 15 is 0 Å². The minimum absolute atomic E-state index is 0.0840. The monoisotopic (exact) mass is 203 g/mol. The van der Waals surface area contributed by atoms with Crippen molar-refractivity contribution in [1.29, 1.82) is 0 Å². The van der Waals surface area contributed by atoms with E-state index in [2.05, 4.69) is 5.32 Å². The summed E-state index contributed by atoms with van der Waals surface area (Å²) in [5.74, 6) is -0.0840. The number of hydrogen-bond acceptors (Lipinski definition) is 2. The Morgan fingerprint density at radius 1 is 1.33 bits per heavy atom. The van der Waals surface area contributed by atoms with E-state index in [4.69, 9.17) is 0 Å². The number of rotatable bonds is 3. The van der Waals surface area contributed by atoms with Crippen molar-refractivity contribution in [3.8, 4) is 0 Å². The van der Waals surface area contributed by atoms with Gasteiger partial charge in [0.15, 0.2) is 0 Å². The molecule has 1 aromatic carbocycles. The van der Waals surface area contributed by atoms with Crippen LogP contribution < -0.4 is 5.32 Å². The Morgan fingerprint density at radius 2 is 1.93 bits per heavy atom. The molecular weight excluding hydrogens is 190 g/mol. The number of aldehydes is 1. The van der Waals surface area contributed by atoms with Gasteiger partial charge in [-0.2, -0.15) is 0 Å². The minimum atomic E-state index is -0.227. The molecule has 3 heteroatoms. The molecule has 0 unspecified atom stereocenters. The van der Waals surface area contributed by atoms with E-state index in [1.807, 2.05) is 24.3 Å². The molecule has 0 atom stereocenters. The summed E-state index contributed by atoms with van der Waals surface area (Å²) >= 11 is 0. The fourth-order valence-electron chi connectivity index (χ4n) is 1.70. The van der Waals surface area contributed by atoms with Gasteiger partial charge in [-0.15, -0.1) is 0 Å². The van der Waals surface area contributed by atoms with Gasteiger partial charge >= 0.3 is 0 Å². The van der Waals surface area contributed by atoms with Gasteiger partial charge < -0.3 is 10.1 Å². The fraction of sp³-hybridized carbons (Fsp3) is 0.333. The number of benzene rings is 1. The Labute approximate surface area is 88.5 Å². The summed E-state index contributed by atoms with van der Waals surface area (Å²) in [7, 11) is 0. The average molecular weight is 203 g/mol. The van der Waals surface area contributed by atoms with Crippen LogP contribution in [0.2, 0.25) is 0 Å². The predicted octanol–water partition coefficient (Wildman–Crippen LogP) is 1.88. The van der Waals surface area contributed by atoms with E-state index < -0.39 is 0 Å². The number of nitrogens with one attached hydrogen (secondary N) is 1. The van der Waals surface area contributed by atoms with Crippen LogP contribution in [0.5, 0.6) is 0 Å². The molecule has 1 saturated carbocycles. The molecule has 1 amide bonds. The molecule has 0 aromatic heterocycles. The van der Waals surface area contributed by atoms with E-state index in [0.717, 1.165) is 30.4 Å². The highest BCUT2D eigenvalue weighted by molar-refractivity contribution is 5.88. The summed E-state index contributed by atoms with van der Waals surface area (Å²) in [5.41, 5.74) is 1.59. The third kappa shape index (κ3) is 1.91. The molecule has 0 bridgehead atoms. The summed E-state index contributed by atoms with van der Waals surface area (Å²) in [6.45, 7) is 1.47. The van der Waals surface area contributed by atoms with Crippen molar-refractivity contribution in [3.63, 3.8) is 0 Å². The highest BCUT2D eigenvalue weighted by Crippen LogP contribution is 2.46. The van der Waals surface area contributed by atoms with Crippen LogP contribution in [0.3, 0.4) is 0 Å². The van der Waals surface area contributed by atoms with Crippen LogP contribution in [0.15, 0.2) is 24.3 Å². The zero-order valence-corrected chi connectivity index (χ0v) is 8.62. The first-order valence-corrected chi connectivity index (χ1v) is 5.01. The quantitative estimate of drug-likeness (QED) is 0.762. The van der Waals surface area contributed by atoms with Crippen molar-refractivity contribution in [2.45, 2.75) is 25.2 Å². The maximum Gasteiger partial charge on any atom is 0.221 e. The summed E-state index contributed by atoms with van der Waals surface area (Å²) in [4.78, 5) is 21.7. The van der Waals surface area contributed by atoms with E-state index in [0.29, 0.717) is 0 Å². The summed E-state index contributed by atoms with van der Waals surface area (Å²) in [6, 6.07) is 7.49. The first-order valence-electron chi connectivity index (χ1n) is 5.01. The molecule has 1 N–H and O–H groups in total. The summed E-state index contributed by atoms with van der Waals surface area (Å²) < 4.78 is 0. The lowest BCUT2D eigenvalue weighted by Gasteiger charge is -2.08. The number of anilines is 1. The topological polar surface area (TPSA) is 46.2 Å².